The van der Waals surface area contributed by atoms with Crippen molar-refractivity contribution < 1.29 is 9.53 Å². The largest absolute Gasteiger partial charge is 0.496 e. The summed E-state index contributed by atoms with van der Waals surface area (Å²) in [7, 11) is 1.54. The summed E-state index contributed by atoms with van der Waals surface area (Å²) in [6.07, 6.45) is 4.83. The van der Waals surface area contributed by atoms with Crippen molar-refractivity contribution in [1.82, 2.24) is 24.4 Å². The molecule has 2 aromatic carbocycles. The third-order valence-corrected chi connectivity index (χ3v) is 5.59. The maximum atomic E-state index is 13.2. The van der Waals surface area contributed by atoms with Crippen LogP contribution >= 0.6 is 0 Å². The molecule has 0 aliphatic heterocycles. The van der Waals surface area contributed by atoms with Crippen LogP contribution in [0.25, 0.3) is 16.8 Å². The Balaban J connectivity index is 1.44. The standard InChI is InChI=1S/C25H23N7O2/c1-16-10-21(32-23(16)24(26)27-15-29-32)18-8-9-22(34-2)20(11-18)25(33)30-19-12-28-31(14-19)13-17-6-4-3-5-7-17/h3-12,14-15H,13H2,1-2H3,(H,30,33)(H2,26,27,29). The van der Waals surface area contributed by atoms with Gasteiger partial charge in [-0.3, -0.25) is 9.48 Å². The monoisotopic (exact) mass is 453 g/mol. The fourth-order valence-corrected chi connectivity index (χ4v) is 3.99. The highest BCUT2D eigenvalue weighted by Crippen LogP contribution is 2.31. The number of methoxy groups -OCH3 is 1. The van der Waals surface area contributed by atoms with Crippen LogP contribution in [0.2, 0.25) is 0 Å². The minimum absolute atomic E-state index is 0.301. The molecule has 1 amide bonds. The van der Waals surface area contributed by atoms with Gasteiger partial charge in [0.25, 0.3) is 5.91 Å². The van der Waals surface area contributed by atoms with Crippen LogP contribution in [0.4, 0.5) is 11.5 Å². The molecule has 0 unspecified atom stereocenters. The van der Waals surface area contributed by atoms with Crippen LogP contribution in [0, 0.1) is 6.92 Å². The maximum absolute atomic E-state index is 13.2. The van der Waals surface area contributed by atoms with Gasteiger partial charge in [0.2, 0.25) is 0 Å². The lowest BCUT2D eigenvalue weighted by Gasteiger charge is -2.11. The van der Waals surface area contributed by atoms with E-state index in [2.05, 4.69) is 20.5 Å². The number of fused-ring (bicyclic) bond motifs is 1. The van der Waals surface area contributed by atoms with E-state index in [1.54, 1.807) is 33.7 Å². The number of amides is 1. The zero-order valence-electron chi connectivity index (χ0n) is 18.8. The molecular formula is C25H23N7O2. The highest BCUT2D eigenvalue weighted by Gasteiger charge is 2.18. The molecule has 0 aliphatic carbocycles. The van der Waals surface area contributed by atoms with Crippen LogP contribution < -0.4 is 15.8 Å². The summed E-state index contributed by atoms with van der Waals surface area (Å²) < 4.78 is 8.96. The molecular weight excluding hydrogens is 430 g/mol. The van der Waals surface area contributed by atoms with Crippen LogP contribution in [-0.2, 0) is 6.54 Å². The summed E-state index contributed by atoms with van der Waals surface area (Å²) in [5.41, 5.74) is 11.4. The fourth-order valence-electron chi connectivity index (χ4n) is 3.99. The van der Waals surface area contributed by atoms with Crippen LogP contribution in [0.1, 0.15) is 21.5 Å². The van der Waals surface area contributed by atoms with Gasteiger partial charge >= 0.3 is 0 Å². The number of rotatable bonds is 6. The van der Waals surface area contributed by atoms with E-state index in [-0.39, 0.29) is 5.91 Å². The van der Waals surface area contributed by atoms with Crippen molar-refractivity contribution in [3.63, 3.8) is 0 Å². The van der Waals surface area contributed by atoms with Gasteiger partial charge in [-0.25, -0.2) is 9.50 Å². The lowest BCUT2D eigenvalue weighted by atomic mass is 10.1. The SMILES string of the molecule is COc1ccc(-c2cc(C)c3c(N)ncnn23)cc1C(=O)Nc1cnn(Cc2ccccc2)c1. The van der Waals surface area contributed by atoms with Crippen LogP contribution in [0.3, 0.4) is 0 Å². The first-order valence-electron chi connectivity index (χ1n) is 10.7. The normalized spacial score (nSPS) is 11.0. The Kier molecular flexibility index (Phi) is 5.43. The second-order valence-corrected chi connectivity index (χ2v) is 7.90. The Bertz CT molecular complexity index is 1490. The van der Waals surface area contributed by atoms with Gasteiger partial charge in [-0.15, -0.1) is 0 Å². The van der Waals surface area contributed by atoms with Crippen molar-refractivity contribution >= 4 is 22.9 Å². The molecule has 9 nitrogen and oxygen atoms in total. The van der Waals surface area contributed by atoms with E-state index < -0.39 is 0 Å². The number of ether oxygens (including phenoxy) is 1. The summed E-state index contributed by atoms with van der Waals surface area (Å²) in [5.74, 6) is 0.562. The number of nitrogens with zero attached hydrogens (tertiary/aromatic N) is 5. The van der Waals surface area contributed by atoms with Crippen molar-refractivity contribution in [2.24, 2.45) is 0 Å². The van der Waals surface area contributed by atoms with Crippen molar-refractivity contribution in [2.75, 3.05) is 18.2 Å². The van der Waals surface area contributed by atoms with E-state index in [1.807, 2.05) is 49.4 Å². The Morgan fingerprint density at radius 3 is 2.74 bits per heavy atom. The minimum atomic E-state index is -0.301. The lowest BCUT2D eigenvalue weighted by molar-refractivity contribution is 0.102. The van der Waals surface area contributed by atoms with Crippen molar-refractivity contribution in [1.29, 1.82) is 0 Å². The summed E-state index contributed by atoms with van der Waals surface area (Å²) in [6.45, 7) is 2.56. The number of hydrogen-bond acceptors (Lipinski definition) is 6. The fraction of sp³-hybridized carbons (Fsp3) is 0.120. The highest BCUT2D eigenvalue weighted by molar-refractivity contribution is 6.06. The highest BCUT2D eigenvalue weighted by atomic mass is 16.5. The first kappa shape index (κ1) is 21.2. The Morgan fingerprint density at radius 2 is 1.94 bits per heavy atom. The smallest absolute Gasteiger partial charge is 0.259 e. The van der Waals surface area contributed by atoms with Crippen LogP contribution in [0.5, 0.6) is 5.75 Å². The van der Waals surface area contributed by atoms with Crippen molar-refractivity contribution in [3.8, 4) is 17.0 Å². The van der Waals surface area contributed by atoms with E-state index in [0.29, 0.717) is 29.4 Å². The summed E-state index contributed by atoms with van der Waals surface area (Å²) in [5, 5.41) is 11.6. The first-order chi connectivity index (χ1) is 16.5. The number of carbonyl (C=O) groups is 1. The number of aromatic nitrogens is 5. The third kappa shape index (κ3) is 3.95. The topological polar surface area (TPSA) is 112 Å². The van der Waals surface area contributed by atoms with Gasteiger partial charge in [-0.05, 0) is 42.3 Å². The first-order valence-corrected chi connectivity index (χ1v) is 10.7. The van der Waals surface area contributed by atoms with E-state index in [4.69, 9.17) is 10.5 Å². The second-order valence-electron chi connectivity index (χ2n) is 7.90. The molecule has 34 heavy (non-hydrogen) atoms. The molecule has 0 saturated carbocycles. The van der Waals surface area contributed by atoms with Crippen LogP contribution in [0.15, 0.2) is 73.3 Å². The Morgan fingerprint density at radius 1 is 1.12 bits per heavy atom. The number of benzene rings is 2. The molecule has 0 aliphatic rings. The number of nitrogen functional groups attached to an aromatic ring is 1. The van der Waals surface area contributed by atoms with Gasteiger partial charge in [0.1, 0.15) is 17.6 Å². The number of aryl methyl sites for hydroxylation is 1. The molecule has 0 bridgehead atoms. The summed E-state index contributed by atoms with van der Waals surface area (Å²) in [6, 6.07) is 17.4. The van der Waals surface area contributed by atoms with E-state index >= 15 is 0 Å². The van der Waals surface area contributed by atoms with Gasteiger partial charge in [-0.1, -0.05) is 30.3 Å². The number of nitrogens with two attached hydrogens (primary N) is 1. The van der Waals surface area contributed by atoms with Crippen molar-refractivity contribution in [2.45, 2.75) is 13.5 Å². The molecule has 3 N–H and O–H groups in total. The molecule has 0 saturated heterocycles. The van der Waals surface area contributed by atoms with E-state index in [0.717, 1.165) is 27.9 Å². The lowest BCUT2D eigenvalue weighted by Crippen LogP contribution is -2.13. The predicted octanol–water partition coefficient (Wildman–Crippen LogP) is 3.79. The molecule has 0 radical (unpaired) electrons. The molecule has 0 atom stereocenters. The molecule has 3 aromatic heterocycles. The molecule has 5 aromatic rings. The molecule has 170 valence electrons. The summed E-state index contributed by atoms with van der Waals surface area (Å²) >= 11 is 0. The average molecular weight is 454 g/mol. The number of hydrogen-bond donors (Lipinski definition) is 2. The molecule has 0 fully saturated rings. The summed E-state index contributed by atoms with van der Waals surface area (Å²) in [4.78, 5) is 17.3. The van der Waals surface area contributed by atoms with Gasteiger partial charge in [0.15, 0.2) is 5.82 Å². The number of carbonyl (C=O) groups excluding carboxylic acids is 1. The number of nitrogens with one attached hydrogen (secondary N) is 1. The zero-order chi connectivity index (χ0) is 23.7. The third-order valence-electron chi connectivity index (χ3n) is 5.59. The predicted molar refractivity (Wildman–Crippen MR) is 130 cm³/mol. The molecule has 3 heterocycles. The van der Waals surface area contributed by atoms with E-state index in [9.17, 15) is 4.79 Å². The quantitative estimate of drug-likeness (QED) is 0.405. The van der Waals surface area contributed by atoms with Crippen molar-refractivity contribution in [3.05, 3.63) is 90.0 Å². The van der Waals surface area contributed by atoms with Crippen LogP contribution in [-0.4, -0.2) is 37.4 Å². The second kappa shape index (κ2) is 8.70. The van der Waals surface area contributed by atoms with Gasteiger partial charge in [0, 0.05) is 11.8 Å². The molecule has 5 rings (SSSR count). The van der Waals surface area contributed by atoms with Gasteiger partial charge in [0.05, 0.1) is 36.8 Å². The zero-order valence-corrected chi connectivity index (χ0v) is 18.8. The Labute approximate surface area is 195 Å². The number of anilines is 2. The maximum Gasteiger partial charge on any atom is 0.259 e. The molecule has 0 spiro atoms. The average Bonchev–Trinajstić information content (AvgIpc) is 3.43. The minimum Gasteiger partial charge on any atom is -0.496 e. The van der Waals surface area contributed by atoms with E-state index in [1.165, 1.54) is 13.4 Å². The molecule has 9 heteroatoms. The van der Waals surface area contributed by atoms with Gasteiger partial charge in [-0.2, -0.15) is 10.2 Å². The van der Waals surface area contributed by atoms with Gasteiger partial charge < -0.3 is 15.8 Å². The Hall–Kier alpha value is -4.66.